The van der Waals surface area contributed by atoms with Gasteiger partial charge in [-0.2, -0.15) is 4.68 Å². The third-order valence-corrected chi connectivity index (χ3v) is 4.87. The van der Waals surface area contributed by atoms with Gasteiger partial charge in [-0.05, 0) is 67.6 Å². The van der Waals surface area contributed by atoms with Crippen molar-refractivity contribution in [2.75, 3.05) is 12.4 Å². The molecule has 1 amide bonds. The Morgan fingerprint density at radius 3 is 2.63 bits per heavy atom. The topological polar surface area (TPSA) is 99.8 Å². The summed E-state index contributed by atoms with van der Waals surface area (Å²) in [6, 6.07) is 11.0. The van der Waals surface area contributed by atoms with Gasteiger partial charge in [0, 0.05) is 23.3 Å². The minimum atomic E-state index is -0.206. The minimum Gasteiger partial charge on any atom is -0.494 e. The van der Waals surface area contributed by atoms with Crippen molar-refractivity contribution < 1.29 is 9.53 Å². The molecule has 4 rings (SSSR count). The molecule has 0 radical (unpaired) electrons. The number of aromatic nitrogens is 6. The molecule has 0 aliphatic heterocycles. The summed E-state index contributed by atoms with van der Waals surface area (Å²) in [4.78, 5) is 17.2. The highest BCUT2D eigenvalue weighted by molar-refractivity contribution is 6.05. The minimum absolute atomic E-state index is 0.206. The molecule has 0 fully saturated rings. The lowest BCUT2D eigenvalue weighted by molar-refractivity contribution is 0.102. The van der Waals surface area contributed by atoms with Gasteiger partial charge in [0.15, 0.2) is 5.82 Å². The number of aryl methyl sites for hydroxylation is 2. The molecule has 3 heterocycles. The molecule has 0 unspecified atom stereocenters. The zero-order chi connectivity index (χ0) is 21.3. The predicted molar refractivity (Wildman–Crippen MR) is 111 cm³/mol. The molecule has 0 saturated heterocycles. The summed E-state index contributed by atoms with van der Waals surface area (Å²) < 4.78 is 8.98. The number of methoxy groups -OCH3 is 1. The number of hydrogen-bond acceptors (Lipinski definition) is 6. The monoisotopic (exact) mass is 403 g/mol. The molecule has 1 N–H and O–H groups in total. The zero-order valence-electron chi connectivity index (χ0n) is 17.1. The van der Waals surface area contributed by atoms with Gasteiger partial charge in [-0.1, -0.05) is 0 Å². The standard InChI is InChI=1S/C21H21N7O2/c1-13-10-18(14(2)27(13)17-6-5-9-22-12-17)21(29)23-16-7-8-20(30-4)19(11-16)28-15(3)24-25-26-28/h5-12H,1-4H3,(H,23,29). The van der Waals surface area contributed by atoms with Crippen LogP contribution in [0.3, 0.4) is 0 Å². The van der Waals surface area contributed by atoms with Gasteiger partial charge in [0.2, 0.25) is 0 Å². The first-order chi connectivity index (χ1) is 14.5. The van der Waals surface area contributed by atoms with E-state index in [-0.39, 0.29) is 5.91 Å². The van der Waals surface area contributed by atoms with E-state index in [0.29, 0.717) is 28.5 Å². The van der Waals surface area contributed by atoms with Crippen LogP contribution in [0, 0.1) is 20.8 Å². The van der Waals surface area contributed by atoms with Crippen LogP contribution in [0.4, 0.5) is 5.69 Å². The highest BCUT2D eigenvalue weighted by Gasteiger charge is 2.18. The molecule has 0 atom stereocenters. The molecule has 3 aromatic heterocycles. The van der Waals surface area contributed by atoms with Crippen LogP contribution in [0.2, 0.25) is 0 Å². The van der Waals surface area contributed by atoms with Crippen LogP contribution in [-0.4, -0.2) is 42.8 Å². The van der Waals surface area contributed by atoms with Crippen molar-refractivity contribution in [1.82, 2.24) is 29.8 Å². The van der Waals surface area contributed by atoms with Crippen LogP contribution in [-0.2, 0) is 0 Å². The molecular weight excluding hydrogens is 382 g/mol. The van der Waals surface area contributed by atoms with Gasteiger partial charge in [-0.15, -0.1) is 5.10 Å². The number of hydrogen-bond donors (Lipinski definition) is 1. The van der Waals surface area contributed by atoms with Crippen LogP contribution in [0.15, 0.2) is 48.8 Å². The number of tetrazole rings is 1. The first-order valence-corrected chi connectivity index (χ1v) is 9.33. The predicted octanol–water partition coefficient (Wildman–Crippen LogP) is 3.03. The highest BCUT2D eigenvalue weighted by atomic mass is 16.5. The Bertz CT molecular complexity index is 1210. The number of amides is 1. The van der Waals surface area contributed by atoms with Crippen molar-refractivity contribution >= 4 is 11.6 Å². The number of carbonyl (C=O) groups excluding carboxylic acids is 1. The Hall–Kier alpha value is -4.01. The second-order valence-corrected chi connectivity index (χ2v) is 6.81. The van der Waals surface area contributed by atoms with Crippen LogP contribution in [0.25, 0.3) is 11.4 Å². The van der Waals surface area contributed by atoms with E-state index in [2.05, 4.69) is 25.8 Å². The number of nitrogens with zero attached hydrogens (tertiary/aromatic N) is 6. The Morgan fingerprint density at radius 1 is 1.13 bits per heavy atom. The summed E-state index contributed by atoms with van der Waals surface area (Å²) in [7, 11) is 1.57. The quantitative estimate of drug-likeness (QED) is 0.550. The lowest BCUT2D eigenvalue weighted by Crippen LogP contribution is -2.14. The summed E-state index contributed by atoms with van der Waals surface area (Å²) in [5.41, 5.74) is 4.53. The Labute approximate surface area is 173 Å². The first kappa shape index (κ1) is 19.3. The van der Waals surface area contributed by atoms with E-state index < -0.39 is 0 Å². The van der Waals surface area contributed by atoms with E-state index >= 15 is 0 Å². The molecule has 0 aliphatic rings. The van der Waals surface area contributed by atoms with E-state index in [4.69, 9.17) is 4.74 Å². The summed E-state index contributed by atoms with van der Waals surface area (Å²) in [5.74, 6) is 0.998. The van der Waals surface area contributed by atoms with E-state index in [0.717, 1.165) is 17.1 Å². The van der Waals surface area contributed by atoms with Gasteiger partial charge in [-0.25, -0.2) is 0 Å². The molecule has 4 aromatic rings. The SMILES string of the molecule is COc1ccc(NC(=O)c2cc(C)n(-c3cccnc3)c2C)cc1-n1nnnc1C. The average Bonchev–Trinajstić information content (AvgIpc) is 3.31. The lowest BCUT2D eigenvalue weighted by Gasteiger charge is -2.12. The number of pyridine rings is 1. The van der Waals surface area contributed by atoms with Crippen LogP contribution in [0.1, 0.15) is 27.6 Å². The molecule has 152 valence electrons. The maximum absolute atomic E-state index is 13.0. The fourth-order valence-corrected chi connectivity index (χ4v) is 3.46. The largest absolute Gasteiger partial charge is 0.494 e. The fourth-order valence-electron chi connectivity index (χ4n) is 3.46. The average molecular weight is 403 g/mol. The van der Waals surface area contributed by atoms with Gasteiger partial charge >= 0.3 is 0 Å². The third-order valence-electron chi connectivity index (χ3n) is 4.87. The Kier molecular flexibility index (Phi) is 5.01. The Balaban J connectivity index is 1.66. The second kappa shape index (κ2) is 7.78. The van der Waals surface area contributed by atoms with Crippen LogP contribution < -0.4 is 10.1 Å². The van der Waals surface area contributed by atoms with E-state index in [1.807, 2.05) is 36.6 Å². The highest BCUT2D eigenvalue weighted by Crippen LogP contribution is 2.27. The van der Waals surface area contributed by atoms with E-state index in [1.165, 1.54) is 0 Å². The Morgan fingerprint density at radius 2 is 1.97 bits per heavy atom. The number of carbonyl (C=O) groups is 1. The van der Waals surface area contributed by atoms with Gasteiger partial charge in [-0.3, -0.25) is 9.78 Å². The van der Waals surface area contributed by atoms with Crippen LogP contribution >= 0.6 is 0 Å². The van der Waals surface area contributed by atoms with Crippen LogP contribution in [0.5, 0.6) is 5.75 Å². The molecule has 0 aliphatic carbocycles. The molecule has 9 nitrogen and oxygen atoms in total. The van der Waals surface area contributed by atoms with Crippen molar-refractivity contribution in [2.24, 2.45) is 0 Å². The summed E-state index contributed by atoms with van der Waals surface area (Å²) in [5, 5.41) is 14.5. The molecular formula is C21H21N7O2. The van der Waals surface area contributed by atoms with Gasteiger partial charge < -0.3 is 14.6 Å². The number of benzene rings is 1. The van der Waals surface area contributed by atoms with Crippen molar-refractivity contribution in [3.63, 3.8) is 0 Å². The summed E-state index contributed by atoms with van der Waals surface area (Å²) in [6.45, 7) is 5.67. The number of ether oxygens (including phenoxy) is 1. The first-order valence-electron chi connectivity index (χ1n) is 9.33. The van der Waals surface area contributed by atoms with Gasteiger partial charge in [0.1, 0.15) is 11.4 Å². The normalized spacial score (nSPS) is 10.8. The number of anilines is 1. The smallest absolute Gasteiger partial charge is 0.257 e. The van der Waals surface area contributed by atoms with E-state index in [9.17, 15) is 4.79 Å². The number of nitrogens with one attached hydrogen (secondary N) is 1. The van der Waals surface area contributed by atoms with Crippen molar-refractivity contribution in [2.45, 2.75) is 20.8 Å². The lowest BCUT2D eigenvalue weighted by atomic mass is 10.2. The molecule has 0 saturated carbocycles. The zero-order valence-corrected chi connectivity index (χ0v) is 17.1. The van der Waals surface area contributed by atoms with Gasteiger partial charge in [0.05, 0.1) is 24.6 Å². The van der Waals surface area contributed by atoms with Crippen molar-refractivity contribution in [1.29, 1.82) is 0 Å². The summed E-state index contributed by atoms with van der Waals surface area (Å²) in [6.07, 6.45) is 3.49. The van der Waals surface area contributed by atoms with Crippen molar-refractivity contribution in [3.05, 3.63) is 71.6 Å². The molecule has 0 spiro atoms. The van der Waals surface area contributed by atoms with Crippen molar-refractivity contribution in [3.8, 4) is 17.1 Å². The maximum Gasteiger partial charge on any atom is 0.257 e. The fraction of sp³-hybridized carbons (Fsp3) is 0.190. The molecule has 1 aromatic carbocycles. The second-order valence-electron chi connectivity index (χ2n) is 6.81. The molecule has 30 heavy (non-hydrogen) atoms. The maximum atomic E-state index is 13.0. The van der Waals surface area contributed by atoms with Gasteiger partial charge in [0.25, 0.3) is 5.91 Å². The third kappa shape index (κ3) is 3.41. The number of rotatable bonds is 5. The van der Waals surface area contributed by atoms with E-state index in [1.54, 1.807) is 49.3 Å². The molecule has 9 heteroatoms. The summed E-state index contributed by atoms with van der Waals surface area (Å²) >= 11 is 0. The molecule has 0 bridgehead atoms.